The van der Waals surface area contributed by atoms with E-state index in [9.17, 15) is 4.79 Å². The van der Waals surface area contributed by atoms with Crippen LogP contribution in [0.2, 0.25) is 4.34 Å². The zero-order chi connectivity index (χ0) is 17.9. The maximum Gasteiger partial charge on any atom is 0.261 e. The largest absolute Gasteiger partial charge is 0.349 e. The number of nitrogens with one attached hydrogen (secondary N) is 1. The van der Waals surface area contributed by atoms with Crippen molar-refractivity contribution in [3.63, 3.8) is 0 Å². The predicted octanol–water partition coefficient (Wildman–Crippen LogP) is 3.97. The number of hydrogen-bond donors (Lipinski definition) is 1. The van der Waals surface area contributed by atoms with E-state index in [1.165, 1.54) is 35.4 Å². The fraction of sp³-hybridized carbons (Fsp3) is 0.316. The molecule has 0 aliphatic heterocycles. The van der Waals surface area contributed by atoms with Crippen LogP contribution in [-0.2, 0) is 19.4 Å². The molecule has 3 aromatic heterocycles. The van der Waals surface area contributed by atoms with Crippen LogP contribution in [0.3, 0.4) is 0 Å². The van der Waals surface area contributed by atoms with E-state index >= 15 is 0 Å². The normalized spacial score (nSPS) is 13.4. The number of halogens is 1. The third-order valence-electron chi connectivity index (χ3n) is 4.57. The van der Waals surface area contributed by atoms with E-state index in [1.807, 2.05) is 22.9 Å². The molecule has 1 aliphatic rings. The predicted molar refractivity (Wildman–Crippen MR) is 104 cm³/mol. The summed E-state index contributed by atoms with van der Waals surface area (Å²) in [6, 6.07) is 9.40. The SMILES string of the molecule is O=C(NCCn1nc(-c2ccccn2)c2c1CCCC2)c1ccc(Cl)s1. The molecule has 134 valence electrons. The minimum Gasteiger partial charge on any atom is -0.349 e. The van der Waals surface area contributed by atoms with Gasteiger partial charge in [-0.15, -0.1) is 11.3 Å². The Morgan fingerprint density at radius 2 is 2.12 bits per heavy atom. The van der Waals surface area contributed by atoms with Crippen molar-refractivity contribution < 1.29 is 4.79 Å². The van der Waals surface area contributed by atoms with E-state index < -0.39 is 0 Å². The van der Waals surface area contributed by atoms with Crippen molar-refractivity contribution in [2.24, 2.45) is 0 Å². The van der Waals surface area contributed by atoms with Crippen LogP contribution in [0.5, 0.6) is 0 Å². The molecule has 0 saturated heterocycles. The lowest BCUT2D eigenvalue weighted by atomic mass is 9.95. The molecule has 0 saturated carbocycles. The average Bonchev–Trinajstić information content (AvgIpc) is 3.27. The molecule has 0 radical (unpaired) electrons. The highest BCUT2D eigenvalue weighted by Crippen LogP contribution is 2.30. The molecule has 0 bridgehead atoms. The first-order valence-electron chi connectivity index (χ1n) is 8.76. The third-order valence-corrected chi connectivity index (χ3v) is 5.80. The van der Waals surface area contributed by atoms with Gasteiger partial charge in [-0.1, -0.05) is 17.7 Å². The molecule has 1 amide bonds. The summed E-state index contributed by atoms with van der Waals surface area (Å²) in [5.74, 6) is -0.0899. The molecule has 5 nitrogen and oxygen atoms in total. The highest BCUT2D eigenvalue weighted by molar-refractivity contribution is 7.17. The van der Waals surface area contributed by atoms with Crippen molar-refractivity contribution in [1.29, 1.82) is 0 Å². The fourth-order valence-electron chi connectivity index (χ4n) is 3.36. The Morgan fingerprint density at radius 1 is 1.23 bits per heavy atom. The van der Waals surface area contributed by atoms with Crippen molar-refractivity contribution >= 4 is 28.8 Å². The monoisotopic (exact) mass is 386 g/mol. The van der Waals surface area contributed by atoms with Gasteiger partial charge in [-0.3, -0.25) is 14.5 Å². The highest BCUT2D eigenvalue weighted by atomic mass is 35.5. The van der Waals surface area contributed by atoms with E-state index in [-0.39, 0.29) is 5.91 Å². The van der Waals surface area contributed by atoms with Crippen molar-refractivity contribution in [2.45, 2.75) is 32.2 Å². The number of nitrogens with zero attached hydrogens (tertiary/aromatic N) is 3. The maximum absolute atomic E-state index is 12.2. The van der Waals surface area contributed by atoms with Gasteiger partial charge < -0.3 is 5.32 Å². The van der Waals surface area contributed by atoms with E-state index in [2.05, 4.69) is 10.3 Å². The first kappa shape index (κ1) is 17.2. The van der Waals surface area contributed by atoms with Gasteiger partial charge in [0.25, 0.3) is 5.91 Å². The van der Waals surface area contributed by atoms with Gasteiger partial charge in [0.2, 0.25) is 0 Å². The molecule has 7 heteroatoms. The quantitative estimate of drug-likeness (QED) is 0.721. The lowest BCUT2D eigenvalue weighted by molar-refractivity contribution is 0.0956. The minimum absolute atomic E-state index is 0.0899. The third kappa shape index (κ3) is 3.52. The van der Waals surface area contributed by atoms with Crippen molar-refractivity contribution in [3.8, 4) is 11.4 Å². The van der Waals surface area contributed by atoms with Crippen LogP contribution < -0.4 is 5.32 Å². The number of fused-ring (bicyclic) bond motifs is 1. The van der Waals surface area contributed by atoms with Crippen LogP contribution in [-0.4, -0.2) is 27.2 Å². The highest BCUT2D eigenvalue weighted by Gasteiger charge is 2.22. The smallest absolute Gasteiger partial charge is 0.261 e. The zero-order valence-corrected chi connectivity index (χ0v) is 15.8. The van der Waals surface area contributed by atoms with Gasteiger partial charge in [0, 0.05) is 24.0 Å². The summed E-state index contributed by atoms with van der Waals surface area (Å²) in [4.78, 5) is 17.3. The molecule has 1 aliphatic carbocycles. The molecular formula is C19H19ClN4OS. The van der Waals surface area contributed by atoms with E-state index in [1.54, 1.807) is 18.3 Å². The van der Waals surface area contributed by atoms with Crippen LogP contribution in [0, 0.1) is 0 Å². The summed E-state index contributed by atoms with van der Waals surface area (Å²) in [5, 5.41) is 7.77. The molecule has 0 fully saturated rings. The second kappa shape index (κ2) is 7.60. The number of aromatic nitrogens is 3. The van der Waals surface area contributed by atoms with Crippen molar-refractivity contribution in [2.75, 3.05) is 6.54 Å². The van der Waals surface area contributed by atoms with Gasteiger partial charge in [-0.05, 0) is 49.9 Å². The first-order valence-corrected chi connectivity index (χ1v) is 9.95. The van der Waals surface area contributed by atoms with Gasteiger partial charge in [-0.25, -0.2) is 0 Å². The average molecular weight is 387 g/mol. The zero-order valence-electron chi connectivity index (χ0n) is 14.2. The van der Waals surface area contributed by atoms with Crippen molar-refractivity contribution in [3.05, 3.63) is 57.0 Å². The minimum atomic E-state index is -0.0899. The summed E-state index contributed by atoms with van der Waals surface area (Å²) in [5.41, 5.74) is 4.50. The molecule has 0 aromatic carbocycles. The molecule has 4 rings (SSSR count). The standard InChI is InChI=1S/C19H19ClN4OS/c20-17-9-8-16(26-17)19(25)22-11-12-24-15-7-2-1-5-13(15)18(23-24)14-6-3-4-10-21-14/h3-4,6,8-10H,1-2,5,7,11-12H2,(H,22,25). The Labute approximate surface area is 161 Å². The molecule has 1 N–H and O–H groups in total. The summed E-state index contributed by atoms with van der Waals surface area (Å²) >= 11 is 7.18. The number of hydrogen-bond acceptors (Lipinski definition) is 4. The lowest BCUT2D eigenvalue weighted by Gasteiger charge is -2.14. The first-order chi connectivity index (χ1) is 12.7. The number of rotatable bonds is 5. The van der Waals surface area contributed by atoms with Gasteiger partial charge in [0.05, 0.1) is 21.5 Å². The molecular weight excluding hydrogens is 368 g/mol. The van der Waals surface area contributed by atoms with Crippen molar-refractivity contribution in [1.82, 2.24) is 20.1 Å². The van der Waals surface area contributed by atoms with Gasteiger partial charge in [0.15, 0.2) is 0 Å². The molecule has 3 aromatic rings. The van der Waals surface area contributed by atoms with Gasteiger partial charge >= 0.3 is 0 Å². The van der Waals surface area contributed by atoms with Crippen LogP contribution in [0.4, 0.5) is 0 Å². The van der Waals surface area contributed by atoms with Gasteiger partial charge in [0.1, 0.15) is 5.69 Å². The summed E-state index contributed by atoms with van der Waals surface area (Å²) < 4.78 is 2.66. The fourth-order valence-corrected chi connectivity index (χ4v) is 4.32. The van der Waals surface area contributed by atoms with Crippen LogP contribution in [0.1, 0.15) is 33.8 Å². The number of amides is 1. The topological polar surface area (TPSA) is 59.8 Å². The Balaban J connectivity index is 1.50. The molecule has 26 heavy (non-hydrogen) atoms. The Kier molecular flexibility index (Phi) is 5.04. The number of pyridine rings is 1. The number of carbonyl (C=O) groups excluding carboxylic acids is 1. The summed E-state index contributed by atoms with van der Waals surface area (Å²) in [6.07, 6.45) is 6.25. The molecule has 0 unspecified atom stereocenters. The van der Waals surface area contributed by atoms with E-state index in [0.717, 1.165) is 24.2 Å². The van der Waals surface area contributed by atoms with Crippen LogP contribution in [0.15, 0.2) is 36.5 Å². The lowest BCUT2D eigenvalue weighted by Crippen LogP contribution is -2.27. The molecule has 0 atom stereocenters. The Bertz CT molecular complexity index is 919. The van der Waals surface area contributed by atoms with Crippen LogP contribution in [0.25, 0.3) is 11.4 Å². The van der Waals surface area contributed by atoms with E-state index in [0.29, 0.717) is 22.3 Å². The molecule has 3 heterocycles. The Morgan fingerprint density at radius 3 is 2.88 bits per heavy atom. The summed E-state index contributed by atoms with van der Waals surface area (Å²) in [6.45, 7) is 1.18. The Hall–Kier alpha value is -2.18. The van der Waals surface area contributed by atoms with Crippen LogP contribution >= 0.6 is 22.9 Å². The van der Waals surface area contributed by atoms with Gasteiger partial charge in [-0.2, -0.15) is 5.10 Å². The number of carbonyl (C=O) groups is 1. The second-order valence-electron chi connectivity index (χ2n) is 6.28. The number of thiophene rings is 1. The molecule has 0 spiro atoms. The maximum atomic E-state index is 12.2. The summed E-state index contributed by atoms with van der Waals surface area (Å²) in [7, 11) is 0. The van der Waals surface area contributed by atoms with E-state index in [4.69, 9.17) is 16.7 Å². The second-order valence-corrected chi connectivity index (χ2v) is 7.99.